The highest BCUT2D eigenvalue weighted by molar-refractivity contribution is 5.57. The van der Waals surface area contributed by atoms with E-state index in [2.05, 4.69) is 16.0 Å². The summed E-state index contributed by atoms with van der Waals surface area (Å²) in [6.45, 7) is 4.68. The molecule has 0 N–H and O–H groups in total. The Morgan fingerprint density at radius 2 is 2.10 bits per heavy atom. The van der Waals surface area contributed by atoms with Crippen LogP contribution in [-0.2, 0) is 6.42 Å². The molecule has 0 spiro atoms. The molecule has 4 heteroatoms. The Kier molecular flexibility index (Phi) is 4.31. The fraction of sp³-hybridized carbons (Fsp3) is 0.312. The van der Waals surface area contributed by atoms with E-state index >= 15 is 0 Å². The Morgan fingerprint density at radius 1 is 1.30 bits per heavy atom. The molecule has 0 aliphatic carbocycles. The molecule has 2 aromatic rings. The molecule has 4 nitrogen and oxygen atoms in total. The van der Waals surface area contributed by atoms with Gasteiger partial charge >= 0.3 is 0 Å². The van der Waals surface area contributed by atoms with Crippen molar-refractivity contribution in [3.8, 4) is 6.07 Å². The minimum absolute atomic E-state index is 0.652. The van der Waals surface area contributed by atoms with E-state index in [1.54, 1.807) is 6.20 Å². The molecule has 0 amide bonds. The molecule has 0 bridgehead atoms. The SMILES string of the molecule is Cc1cc(C)c(C#N)c(N(C)CCc2ccccn2)n1. The van der Waals surface area contributed by atoms with Crippen molar-refractivity contribution in [2.75, 3.05) is 18.5 Å². The molecule has 0 aliphatic heterocycles. The van der Waals surface area contributed by atoms with Gasteiger partial charge in [0.15, 0.2) is 0 Å². The van der Waals surface area contributed by atoms with Crippen molar-refractivity contribution < 1.29 is 0 Å². The predicted octanol–water partition coefficient (Wildman–Crippen LogP) is 2.64. The fourth-order valence-corrected chi connectivity index (χ4v) is 2.17. The van der Waals surface area contributed by atoms with E-state index in [4.69, 9.17) is 0 Å². The predicted molar refractivity (Wildman–Crippen MR) is 79.6 cm³/mol. The average molecular weight is 266 g/mol. The number of aromatic nitrogens is 2. The maximum atomic E-state index is 9.30. The Bertz CT molecular complexity index is 629. The summed E-state index contributed by atoms with van der Waals surface area (Å²) < 4.78 is 0. The third-order valence-corrected chi connectivity index (χ3v) is 3.23. The highest BCUT2D eigenvalue weighted by Crippen LogP contribution is 2.20. The smallest absolute Gasteiger partial charge is 0.146 e. The van der Waals surface area contributed by atoms with E-state index < -0.39 is 0 Å². The molecule has 0 saturated carbocycles. The number of rotatable bonds is 4. The Hall–Kier alpha value is -2.41. The standard InChI is InChI=1S/C16H18N4/c1-12-10-13(2)19-16(15(12)11-17)20(3)9-7-14-6-4-5-8-18-14/h4-6,8,10H,7,9H2,1-3H3. The van der Waals surface area contributed by atoms with Crippen molar-refractivity contribution in [2.24, 2.45) is 0 Å². The topological polar surface area (TPSA) is 52.8 Å². The van der Waals surface area contributed by atoms with Gasteiger partial charge in [0, 0.05) is 37.6 Å². The minimum Gasteiger partial charge on any atom is -0.358 e. The second kappa shape index (κ2) is 6.16. The molecule has 0 aromatic carbocycles. The van der Waals surface area contributed by atoms with Crippen LogP contribution in [-0.4, -0.2) is 23.6 Å². The quantitative estimate of drug-likeness (QED) is 0.853. The number of pyridine rings is 2. The summed E-state index contributed by atoms with van der Waals surface area (Å²) in [5, 5.41) is 9.30. The zero-order chi connectivity index (χ0) is 14.5. The first-order chi connectivity index (χ1) is 9.61. The van der Waals surface area contributed by atoms with Gasteiger partial charge in [-0.05, 0) is 37.6 Å². The van der Waals surface area contributed by atoms with E-state index in [0.29, 0.717) is 5.56 Å². The van der Waals surface area contributed by atoms with Crippen LogP contribution in [0.2, 0.25) is 0 Å². The van der Waals surface area contributed by atoms with Crippen LogP contribution in [0.5, 0.6) is 0 Å². The van der Waals surface area contributed by atoms with Gasteiger partial charge in [-0.2, -0.15) is 5.26 Å². The van der Waals surface area contributed by atoms with Gasteiger partial charge in [-0.1, -0.05) is 6.07 Å². The van der Waals surface area contributed by atoms with Crippen LogP contribution < -0.4 is 4.90 Å². The molecule has 0 unspecified atom stereocenters. The molecule has 0 saturated heterocycles. The molecule has 102 valence electrons. The number of aryl methyl sites for hydroxylation is 2. The lowest BCUT2D eigenvalue weighted by atomic mass is 10.1. The lowest BCUT2D eigenvalue weighted by Gasteiger charge is -2.20. The summed E-state index contributed by atoms with van der Waals surface area (Å²) in [5.41, 5.74) is 3.60. The summed E-state index contributed by atoms with van der Waals surface area (Å²) in [6.07, 6.45) is 2.63. The monoisotopic (exact) mass is 266 g/mol. The molecule has 0 fully saturated rings. The number of hydrogen-bond acceptors (Lipinski definition) is 4. The van der Waals surface area contributed by atoms with Gasteiger partial charge in [0.05, 0.1) is 5.56 Å². The first-order valence-corrected chi connectivity index (χ1v) is 6.61. The van der Waals surface area contributed by atoms with E-state index in [1.165, 1.54) is 0 Å². The van der Waals surface area contributed by atoms with Gasteiger partial charge < -0.3 is 4.90 Å². The Labute approximate surface area is 119 Å². The van der Waals surface area contributed by atoms with Gasteiger partial charge in [0.25, 0.3) is 0 Å². The third kappa shape index (κ3) is 3.12. The van der Waals surface area contributed by atoms with Crippen molar-refractivity contribution in [3.63, 3.8) is 0 Å². The molecule has 2 aromatic heterocycles. The van der Waals surface area contributed by atoms with Crippen molar-refractivity contribution in [2.45, 2.75) is 20.3 Å². The second-order valence-corrected chi connectivity index (χ2v) is 4.88. The van der Waals surface area contributed by atoms with Gasteiger partial charge in [-0.25, -0.2) is 4.98 Å². The van der Waals surface area contributed by atoms with Crippen LogP contribution in [0, 0.1) is 25.2 Å². The maximum absolute atomic E-state index is 9.30. The van der Waals surface area contributed by atoms with Gasteiger partial charge in [-0.15, -0.1) is 0 Å². The van der Waals surface area contributed by atoms with Crippen molar-refractivity contribution >= 4 is 5.82 Å². The molecule has 20 heavy (non-hydrogen) atoms. The molecular formula is C16H18N4. The minimum atomic E-state index is 0.652. The van der Waals surface area contributed by atoms with E-state index in [0.717, 1.165) is 35.7 Å². The van der Waals surface area contributed by atoms with Gasteiger partial charge in [0.1, 0.15) is 11.9 Å². The first kappa shape index (κ1) is 14.0. The first-order valence-electron chi connectivity index (χ1n) is 6.61. The van der Waals surface area contributed by atoms with Crippen molar-refractivity contribution in [3.05, 3.63) is 53.0 Å². The summed E-state index contributed by atoms with van der Waals surface area (Å²) >= 11 is 0. The number of nitrogens with zero attached hydrogens (tertiary/aromatic N) is 4. The summed E-state index contributed by atoms with van der Waals surface area (Å²) in [7, 11) is 1.96. The number of anilines is 1. The van der Waals surface area contributed by atoms with E-state index in [9.17, 15) is 5.26 Å². The van der Waals surface area contributed by atoms with E-state index in [1.807, 2.05) is 50.1 Å². The molecule has 0 aliphatic rings. The Morgan fingerprint density at radius 3 is 2.75 bits per heavy atom. The van der Waals surface area contributed by atoms with Crippen molar-refractivity contribution in [1.82, 2.24) is 9.97 Å². The molecule has 2 rings (SSSR count). The van der Waals surface area contributed by atoms with Gasteiger partial charge in [0.2, 0.25) is 0 Å². The largest absolute Gasteiger partial charge is 0.358 e. The molecular weight excluding hydrogens is 248 g/mol. The highest BCUT2D eigenvalue weighted by Gasteiger charge is 2.12. The molecule has 2 heterocycles. The highest BCUT2D eigenvalue weighted by atomic mass is 15.2. The number of likely N-dealkylation sites (N-methyl/N-ethyl adjacent to an activating group) is 1. The van der Waals surface area contributed by atoms with E-state index in [-0.39, 0.29) is 0 Å². The molecule has 0 radical (unpaired) electrons. The Balaban J connectivity index is 2.17. The molecule has 0 atom stereocenters. The lowest BCUT2D eigenvalue weighted by Crippen LogP contribution is -2.23. The average Bonchev–Trinajstić information content (AvgIpc) is 2.45. The van der Waals surface area contributed by atoms with Gasteiger partial charge in [-0.3, -0.25) is 4.98 Å². The van der Waals surface area contributed by atoms with Crippen LogP contribution in [0.1, 0.15) is 22.5 Å². The second-order valence-electron chi connectivity index (χ2n) is 4.88. The lowest BCUT2D eigenvalue weighted by molar-refractivity contribution is 0.833. The number of nitriles is 1. The van der Waals surface area contributed by atoms with Crippen LogP contribution in [0.15, 0.2) is 30.5 Å². The third-order valence-electron chi connectivity index (χ3n) is 3.23. The van der Waals surface area contributed by atoms with Crippen molar-refractivity contribution in [1.29, 1.82) is 5.26 Å². The van der Waals surface area contributed by atoms with Crippen LogP contribution >= 0.6 is 0 Å². The van der Waals surface area contributed by atoms with Crippen LogP contribution in [0.25, 0.3) is 0 Å². The summed E-state index contributed by atoms with van der Waals surface area (Å²) in [4.78, 5) is 10.8. The summed E-state index contributed by atoms with van der Waals surface area (Å²) in [6, 6.07) is 10.1. The normalized spacial score (nSPS) is 10.1. The summed E-state index contributed by atoms with van der Waals surface area (Å²) in [5.74, 6) is 0.751. The number of hydrogen-bond donors (Lipinski definition) is 0. The van der Waals surface area contributed by atoms with Crippen LogP contribution in [0.4, 0.5) is 5.82 Å². The zero-order valence-corrected chi connectivity index (χ0v) is 12.1. The maximum Gasteiger partial charge on any atom is 0.146 e. The fourth-order valence-electron chi connectivity index (χ4n) is 2.17. The van der Waals surface area contributed by atoms with Crippen LogP contribution in [0.3, 0.4) is 0 Å². The zero-order valence-electron chi connectivity index (χ0n) is 12.1.